The van der Waals surface area contributed by atoms with Crippen molar-refractivity contribution >= 4 is 5.97 Å². The first-order chi connectivity index (χ1) is 8.54. The fourth-order valence-electron chi connectivity index (χ4n) is 2.04. The van der Waals surface area contributed by atoms with E-state index in [0.717, 1.165) is 0 Å². The Balaban J connectivity index is 2.20. The van der Waals surface area contributed by atoms with E-state index in [0.29, 0.717) is 11.1 Å². The number of nitrogens with zero attached hydrogens (tertiary/aromatic N) is 1. The number of hydrogen-bond acceptors (Lipinski definition) is 6. The number of ether oxygens (including phenoxy) is 1. The number of carbonyl (C=O) groups excluding carboxylic acids is 1. The van der Waals surface area contributed by atoms with Gasteiger partial charge in [-0.05, 0) is 19.1 Å². The summed E-state index contributed by atoms with van der Waals surface area (Å²) in [4.78, 5) is 12.6. The van der Waals surface area contributed by atoms with Crippen LogP contribution in [0.15, 0.2) is 18.2 Å². The number of phenolic OH excluding ortho intramolecular Hbond substituents is 1. The predicted octanol–water partition coefficient (Wildman–Crippen LogP) is 0.253. The molecule has 1 aromatic rings. The van der Waals surface area contributed by atoms with Crippen LogP contribution < -0.4 is 0 Å². The molecule has 2 atom stereocenters. The maximum Gasteiger partial charge on any atom is 0.320 e. The minimum Gasteiger partial charge on any atom is -0.508 e. The van der Waals surface area contributed by atoms with Crippen molar-refractivity contribution in [1.29, 1.82) is 0 Å². The van der Waals surface area contributed by atoms with Gasteiger partial charge >= 0.3 is 5.97 Å². The second-order valence-corrected chi connectivity index (χ2v) is 4.04. The second-order valence-electron chi connectivity index (χ2n) is 4.04. The zero-order chi connectivity index (χ0) is 13.3. The summed E-state index contributed by atoms with van der Waals surface area (Å²) in [6.45, 7) is 1.71. The van der Waals surface area contributed by atoms with E-state index in [4.69, 9.17) is 4.74 Å². The first-order valence-electron chi connectivity index (χ1n) is 5.65. The van der Waals surface area contributed by atoms with E-state index >= 15 is 0 Å². The molecule has 1 heterocycles. The molecule has 18 heavy (non-hydrogen) atoms. The molecule has 2 rings (SSSR count). The molecule has 2 unspecified atom stereocenters. The van der Waals surface area contributed by atoms with Gasteiger partial charge in [-0.25, -0.2) is 4.90 Å². The van der Waals surface area contributed by atoms with Crippen molar-refractivity contribution in [2.24, 2.45) is 0 Å². The van der Waals surface area contributed by atoms with Gasteiger partial charge in [-0.1, -0.05) is 6.07 Å². The Bertz CT molecular complexity index is 462. The number of benzene rings is 1. The fraction of sp³-hybridized carbons (Fsp3) is 0.417. The third-order valence-electron chi connectivity index (χ3n) is 2.87. The number of aromatic hydroxyl groups is 1. The summed E-state index contributed by atoms with van der Waals surface area (Å²) in [6, 6.07) is 4.31. The van der Waals surface area contributed by atoms with Gasteiger partial charge in [0, 0.05) is 11.1 Å². The molecule has 0 saturated carbocycles. The Morgan fingerprint density at radius 2 is 2.00 bits per heavy atom. The van der Waals surface area contributed by atoms with Crippen LogP contribution in [0.2, 0.25) is 0 Å². The summed E-state index contributed by atoms with van der Waals surface area (Å²) in [5.41, 5.74) is 0.872. The molecule has 0 amide bonds. The minimum absolute atomic E-state index is 0.00187. The van der Waals surface area contributed by atoms with Crippen LogP contribution in [0.5, 0.6) is 5.75 Å². The number of hydrogen-bond donors (Lipinski definition) is 3. The van der Waals surface area contributed by atoms with Crippen LogP contribution in [0.25, 0.3) is 0 Å². The number of rotatable bonds is 3. The summed E-state index contributed by atoms with van der Waals surface area (Å²) < 4.78 is 4.77. The molecule has 6 nitrogen and oxygen atoms in total. The third-order valence-corrected chi connectivity index (χ3v) is 2.87. The first-order valence-corrected chi connectivity index (χ1v) is 5.65. The molecule has 1 aromatic carbocycles. The van der Waals surface area contributed by atoms with Crippen molar-refractivity contribution in [2.45, 2.75) is 19.4 Å². The highest BCUT2D eigenvalue weighted by atomic mass is 16.5. The molecule has 3 N–H and O–H groups in total. The lowest BCUT2D eigenvalue weighted by atomic mass is 10.1. The van der Waals surface area contributed by atoms with Crippen molar-refractivity contribution < 1.29 is 24.9 Å². The van der Waals surface area contributed by atoms with Crippen molar-refractivity contribution in [3.63, 3.8) is 0 Å². The molecule has 0 saturated heterocycles. The Hall–Kier alpha value is -1.63. The second kappa shape index (κ2) is 4.93. The Labute approximate surface area is 104 Å². The van der Waals surface area contributed by atoms with Gasteiger partial charge in [0.15, 0.2) is 0 Å². The molecule has 0 spiro atoms. The van der Waals surface area contributed by atoms with Crippen molar-refractivity contribution in [1.82, 2.24) is 4.90 Å². The van der Waals surface area contributed by atoms with Crippen molar-refractivity contribution in [3.05, 3.63) is 29.3 Å². The molecule has 0 aromatic heterocycles. The van der Waals surface area contributed by atoms with E-state index in [9.17, 15) is 20.1 Å². The van der Waals surface area contributed by atoms with E-state index in [1.165, 1.54) is 23.1 Å². The zero-order valence-corrected chi connectivity index (χ0v) is 9.91. The van der Waals surface area contributed by atoms with Gasteiger partial charge < -0.3 is 20.1 Å². The maximum absolute atomic E-state index is 11.4. The SMILES string of the molecule is CCOC(=O)CN1C(O)c2ccc(O)cc2C1O. The highest BCUT2D eigenvalue weighted by molar-refractivity contribution is 5.72. The number of carbonyl (C=O) groups is 1. The van der Waals surface area contributed by atoms with Crippen LogP contribution in [-0.2, 0) is 9.53 Å². The first kappa shape index (κ1) is 12.8. The molecule has 0 bridgehead atoms. The highest BCUT2D eigenvalue weighted by Crippen LogP contribution is 2.40. The Kier molecular flexibility index (Phi) is 3.51. The zero-order valence-electron chi connectivity index (χ0n) is 9.91. The van der Waals surface area contributed by atoms with Crippen molar-refractivity contribution in [2.75, 3.05) is 13.2 Å². The van der Waals surface area contributed by atoms with Crippen LogP contribution in [0.3, 0.4) is 0 Å². The topological polar surface area (TPSA) is 90.2 Å². The lowest BCUT2D eigenvalue weighted by Gasteiger charge is -2.22. The molecule has 1 aliphatic rings. The standard InChI is InChI=1S/C12H15NO5/c1-2-18-10(15)6-13-11(16)8-4-3-7(14)5-9(8)12(13)17/h3-5,11-12,14,16-17H,2,6H2,1H3. The van der Waals surface area contributed by atoms with E-state index in [1.807, 2.05) is 0 Å². The number of aliphatic hydroxyl groups is 2. The highest BCUT2D eigenvalue weighted by Gasteiger charge is 2.37. The molecule has 98 valence electrons. The quantitative estimate of drug-likeness (QED) is 0.669. The molecule has 0 radical (unpaired) electrons. The summed E-state index contributed by atoms with van der Waals surface area (Å²) in [7, 11) is 0. The third kappa shape index (κ3) is 2.17. The normalized spacial score (nSPS) is 22.8. The molecular weight excluding hydrogens is 238 g/mol. The largest absolute Gasteiger partial charge is 0.508 e. The lowest BCUT2D eigenvalue weighted by molar-refractivity contribution is -0.154. The van der Waals surface area contributed by atoms with Crippen LogP contribution in [0, 0.1) is 0 Å². The smallest absolute Gasteiger partial charge is 0.320 e. The Morgan fingerprint density at radius 1 is 1.33 bits per heavy atom. The summed E-state index contributed by atoms with van der Waals surface area (Å²) >= 11 is 0. The average molecular weight is 253 g/mol. The number of esters is 1. The number of aliphatic hydroxyl groups excluding tert-OH is 2. The minimum atomic E-state index is -1.13. The monoisotopic (exact) mass is 253 g/mol. The van der Waals surface area contributed by atoms with Gasteiger partial charge in [0.2, 0.25) is 0 Å². The predicted molar refractivity (Wildman–Crippen MR) is 61.4 cm³/mol. The molecule has 1 aliphatic heterocycles. The maximum atomic E-state index is 11.4. The molecule has 0 fully saturated rings. The van der Waals surface area contributed by atoms with Crippen LogP contribution >= 0.6 is 0 Å². The summed E-state index contributed by atoms with van der Waals surface area (Å²) in [5.74, 6) is -0.523. The van der Waals surface area contributed by atoms with Gasteiger partial charge in [-0.2, -0.15) is 0 Å². The van der Waals surface area contributed by atoms with E-state index < -0.39 is 18.4 Å². The number of fused-ring (bicyclic) bond motifs is 1. The molecular formula is C12H15NO5. The van der Waals surface area contributed by atoms with Gasteiger partial charge in [0.05, 0.1) is 6.61 Å². The van der Waals surface area contributed by atoms with Crippen LogP contribution in [-0.4, -0.2) is 39.3 Å². The molecule has 0 aliphatic carbocycles. The van der Waals surface area contributed by atoms with Gasteiger partial charge in [0.1, 0.15) is 24.8 Å². The lowest BCUT2D eigenvalue weighted by Crippen LogP contribution is -2.32. The van der Waals surface area contributed by atoms with Gasteiger partial charge in [0.25, 0.3) is 0 Å². The molecule has 6 heteroatoms. The fourth-order valence-corrected chi connectivity index (χ4v) is 2.04. The summed E-state index contributed by atoms with van der Waals surface area (Å²) in [6.07, 6.45) is -2.22. The van der Waals surface area contributed by atoms with Gasteiger partial charge in [-0.3, -0.25) is 4.79 Å². The van der Waals surface area contributed by atoms with E-state index in [-0.39, 0.29) is 18.9 Å². The average Bonchev–Trinajstić information content (AvgIpc) is 2.55. The van der Waals surface area contributed by atoms with Crippen molar-refractivity contribution in [3.8, 4) is 5.75 Å². The van der Waals surface area contributed by atoms with Crippen LogP contribution in [0.4, 0.5) is 0 Å². The number of phenols is 1. The summed E-state index contributed by atoms with van der Waals surface area (Å²) in [5, 5.41) is 29.3. The van der Waals surface area contributed by atoms with Gasteiger partial charge in [-0.15, -0.1) is 0 Å². The van der Waals surface area contributed by atoms with E-state index in [2.05, 4.69) is 0 Å². The van der Waals surface area contributed by atoms with Crippen LogP contribution in [0.1, 0.15) is 30.5 Å². The Morgan fingerprint density at radius 3 is 2.67 bits per heavy atom. The van der Waals surface area contributed by atoms with E-state index in [1.54, 1.807) is 6.92 Å².